The number of amides is 1. The number of pyridine rings is 1. The average Bonchev–Trinajstić information content (AvgIpc) is 3.19. The van der Waals surface area contributed by atoms with Crippen LogP contribution in [-0.4, -0.2) is 61.8 Å². The van der Waals surface area contributed by atoms with E-state index in [2.05, 4.69) is 19.4 Å². The van der Waals surface area contributed by atoms with Gasteiger partial charge in [-0.2, -0.15) is 0 Å². The Hall–Kier alpha value is -2.38. The van der Waals surface area contributed by atoms with E-state index in [4.69, 9.17) is 11.6 Å². The summed E-state index contributed by atoms with van der Waals surface area (Å²) < 4.78 is 3.94. The van der Waals surface area contributed by atoms with Crippen LogP contribution in [0.15, 0.2) is 37.1 Å². The summed E-state index contributed by atoms with van der Waals surface area (Å²) >= 11 is 6.01. The first-order chi connectivity index (χ1) is 12.0. The lowest BCUT2D eigenvalue weighted by Gasteiger charge is -2.35. The molecule has 3 aromatic heterocycles. The van der Waals surface area contributed by atoms with Crippen LogP contribution in [0.4, 0.5) is 0 Å². The number of carbonyl (C=O) groups excluding carboxylic acids is 1. The maximum absolute atomic E-state index is 13.0. The molecule has 0 N–H and O–H groups in total. The van der Waals surface area contributed by atoms with Crippen molar-refractivity contribution in [1.29, 1.82) is 0 Å². The minimum atomic E-state index is -0.0731. The summed E-state index contributed by atoms with van der Waals surface area (Å²) in [5.41, 5.74) is 2.18. The summed E-state index contributed by atoms with van der Waals surface area (Å²) in [5.74, 6) is -0.0731. The summed E-state index contributed by atoms with van der Waals surface area (Å²) in [7, 11) is 4.06. The number of fused-ring (bicyclic) bond motifs is 2. The number of nitrogens with zero attached hydrogens (tertiary/aromatic N) is 6. The summed E-state index contributed by atoms with van der Waals surface area (Å²) in [6.45, 7) is 2.01. The van der Waals surface area contributed by atoms with Crippen molar-refractivity contribution in [2.24, 2.45) is 0 Å². The fraction of sp³-hybridized carbons (Fsp3) is 0.353. The van der Waals surface area contributed by atoms with Crippen LogP contribution >= 0.6 is 11.6 Å². The van der Waals surface area contributed by atoms with E-state index in [0.29, 0.717) is 29.5 Å². The van der Waals surface area contributed by atoms with Gasteiger partial charge >= 0.3 is 0 Å². The molecule has 1 amide bonds. The number of rotatable bonds is 3. The smallest absolute Gasteiger partial charge is 0.274 e. The summed E-state index contributed by atoms with van der Waals surface area (Å²) in [4.78, 5) is 25.6. The number of imidazole rings is 2. The van der Waals surface area contributed by atoms with Gasteiger partial charge in [-0.25, -0.2) is 9.97 Å². The molecule has 0 bridgehead atoms. The zero-order valence-corrected chi connectivity index (χ0v) is 14.9. The molecule has 1 aliphatic rings. The normalized spacial score (nSPS) is 17.3. The van der Waals surface area contributed by atoms with Gasteiger partial charge in [-0.3, -0.25) is 4.79 Å². The van der Waals surface area contributed by atoms with E-state index in [1.54, 1.807) is 28.9 Å². The van der Waals surface area contributed by atoms with E-state index in [9.17, 15) is 4.79 Å². The van der Waals surface area contributed by atoms with Crippen molar-refractivity contribution >= 4 is 23.2 Å². The van der Waals surface area contributed by atoms with Crippen molar-refractivity contribution in [3.8, 4) is 0 Å². The topological polar surface area (TPSA) is 58.7 Å². The van der Waals surface area contributed by atoms with Gasteiger partial charge in [-0.1, -0.05) is 11.6 Å². The Morgan fingerprint density at radius 3 is 3.00 bits per heavy atom. The number of likely N-dealkylation sites (N-methyl/N-ethyl adjacent to an activating group) is 1. The van der Waals surface area contributed by atoms with Crippen molar-refractivity contribution < 1.29 is 4.79 Å². The third-order valence-corrected chi connectivity index (χ3v) is 4.64. The largest absolute Gasteiger partial charge is 0.329 e. The molecule has 25 heavy (non-hydrogen) atoms. The first-order valence-corrected chi connectivity index (χ1v) is 8.48. The van der Waals surface area contributed by atoms with Crippen LogP contribution < -0.4 is 0 Å². The highest BCUT2D eigenvalue weighted by Crippen LogP contribution is 2.23. The first-order valence-electron chi connectivity index (χ1n) is 8.10. The lowest BCUT2D eigenvalue weighted by Crippen LogP contribution is -2.43. The lowest BCUT2D eigenvalue weighted by atomic mass is 10.1. The molecule has 0 saturated heterocycles. The Labute approximate surface area is 150 Å². The fourth-order valence-electron chi connectivity index (χ4n) is 3.34. The van der Waals surface area contributed by atoms with E-state index < -0.39 is 0 Å². The van der Waals surface area contributed by atoms with Crippen molar-refractivity contribution in [1.82, 2.24) is 28.7 Å². The molecule has 8 heteroatoms. The van der Waals surface area contributed by atoms with Gasteiger partial charge in [0.15, 0.2) is 0 Å². The SMILES string of the molecule is CN(C)C[C@H]1CN(C(=O)c2cn3cc(Cl)ccc3n2)Cc2cncn21. The molecule has 0 unspecified atom stereocenters. The summed E-state index contributed by atoms with van der Waals surface area (Å²) in [6.07, 6.45) is 7.15. The van der Waals surface area contributed by atoms with Crippen LogP contribution in [0, 0.1) is 0 Å². The van der Waals surface area contributed by atoms with Gasteiger partial charge in [-0.15, -0.1) is 0 Å². The van der Waals surface area contributed by atoms with Gasteiger partial charge in [0.05, 0.1) is 29.6 Å². The van der Waals surface area contributed by atoms with E-state index in [0.717, 1.165) is 12.2 Å². The fourth-order valence-corrected chi connectivity index (χ4v) is 3.51. The molecule has 130 valence electrons. The summed E-state index contributed by atoms with van der Waals surface area (Å²) in [5, 5.41) is 0.608. The second kappa shape index (κ2) is 6.16. The second-order valence-corrected chi connectivity index (χ2v) is 7.07. The molecule has 0 aliphatic carbocycles. The van der Waals surface area contributed by atoms with Crippen LogP contribution in [0.25, 0.3) is 5.65 Å². The number of hydrogen-bond donors (Lipinski definition) is 0. The van der Waals surface area contributed by atoms with Gasteiger partial charge in [0.1, 0.15) is 11.3 Å². The maximum atomic E-state index is 13.0. The molecule has 4 heterocycles. The summed E-state index contributed by atoms with van der Waals surface area (Å²) in [6, 6.07) is 3.75. The molecule has 7 nitrogen and oxygen atoms in total. The molecular weight excluding hydrogens is 340 g/mol. The standard InChI is InChI=1S/C17H19ClN6O/c1-21(2)7-14-9-23(8-13-5-19-11-24(13)14)17(25)15-10-22-6-12(18)3-4-16(22)20-15/h3-6,10-11,14H,7-9H2,1-2H3/t14-/m0/s1. The number of carbonyl (C=O) groups is 1. The van der Waals surface area contributed by atoms with Crippen LogP contribution in [0.1, 0.15) is 22.2 Å². The highest BCUT2D eigenvalue weighted by atomic mass is 35.5. The van der Waals surface area contributed by atoms with E-state index in [1.165, 1.54) is 0 Å². The molecule has 0 aromatic carbocycles. The highest BCUT2D eigenvalue weighted by Gasteiger charge is 2.29. The van der Waals surface area contributed by atoms with Crippen molar-refractivity contribution in [2.45, 2.75) is 12.6 Å². The lowest BCUT2D eigenvalue weighted by molar-refractivity contribution is 0.0658. The zero-order chi connectivity index (χ0) is 17.6. The molecule has 0 spiro atoms. The van der Waals surface area contributed by atoms with Crippen LogP contribution in [-0.2, 0) is 6.54 Å². The van der Waals surface area contributed by atoms with Crippen LogP contribution in [0.3, 0.4) is 0 Å². The van der Waals surface area contributed by atoms with Crippen molar-refractivity contribution in [3.63, 3.8) is 0 Å². The molecular formula is C17H19ClN6O. The minimum absolute atomic E-state index is 0.0731. The molecule has 4 rings (SSSR count). The molecule has 0 fully saturated rings. The van der Waals surface area contributed by atoms with Gasteiger partial charge in [0.25, 0.3) is 5.91 Å². The van der Waals surface area contributed by atoms with Gasteiger partial charge < -0.3 is 18.8 Å². The Bertz CT molecular complexity index is 930. The van der Waals surface area contributed by atoms with E-state index in [-0.39, 0.29) is 11.9 Å². The third kappa shape index (κ3) is 3.01. The van der Waals surface area contributed by atoms with Gasteiger partial charge in [-0.05, 0) is 26.2 Å². The van der Waals surface area contributed by atoms with Crippen LogP contribution in [0.2, 0.25) is 5.02 Å². The molecule has 1 atom stereocenters. The minimum Gasteiger partial charge on any atom is -0.329 e. The van der Waals surface area contributed by atoms with Crippen LogP contribution in [0.5, 0.6) is 0 Å². The predicted molar refractivity (Wildman–Crippen MR) is 94.8 cm³/mol. The quantitative estimate of drug-likeness (QED) is 0.718. The average molecular weight is 359 g/mol. The Kier molecular flexibility index (Phi) is 3.97. The Morgan fingerprint density at radius 2 is 2.20 bits per heavy atom. The van der Waals surface area contributed by atoms with Gasteiger partial charge in [0.2, 0.25) is 0 Å². The van der Waals surface area contributed by atoms with Gasteiger partial charge in [0, 0.05) is 31.7 Å². The van der Waals surface area contributed by atoms with Crippen molar-refractivity contribution in [3.05, 3.63) is 53.5 Å². The third-order valence-electron chi connectivity index (χ3n) is 4.42. The molecule has 0 saturated carbocycles. The highest BCUT2D eigenvalue weighted by molar-refractivity contribution is 6.30. The maximum Gasteiger partial charge on any atom is 0.274 e. The van der Waals surface area contributed by atoms with E-state index >= 15 is 0 Å². The second-order valence-electron chi connectivity index (χ2n) is 6.63. The number of halogens is 1. The molecule has 3 aromatic rings. The van der Waals surface area contributed by atoms with Crippen molar-refractivity contribution in [2.75, 3.05) is 27.2 Å². The predicted octanol–water partition coefficient (Wildman–Crippen LogP) is 1.94. The zero-order valence-electron chi connectivity index (χ0n) is 14.1. The Balaban J connectivity index is 1.63. The van der Waals surface area contributed by atoms with E-state index in [1.807, 2.05) is 31.5 Å². The number of hydrogen-bond acceptors (Lipinski definition) is 4. The Morgan fingerprint density at radius 1 is 1.36 bits per heavy atom. The monoisotopic (exact) mass is 358 g/mol. The molecule has 0 radical (unpaired) electrons. The first kappa shape index (κ1) is 16.1. The molecule has 1 aliphatic heterocycles. The number of aromatic nitrogens is 4.